The highest BCUT2D eigenvalue weighted by Crippen LogP contribution is 2.35. The van der Waals surface area contributed by atoms with Gasteiger partial charge in [-0.25, -0.2) is 0 Å². The van der Waals surface area contributed by atoms with Gasteiger partial charge in [-0.15, -0.1) is 0 Å². The molecule has 0 radical (unpaired) electrons. The quantitative estimate of drug-likeness (QED) is 0.506. The van der Waals surface area contributed by atoms with E-state index in [0.717, 1.165) is 28.6 Å². The summed E-state index contributed by atoms with van der Waals surface area (Å²) in [5.74, 6) is 0.266. The van der Waals surface area contributed by atoms with E-state index in [9.17, 15) is 14.4 Å². The van der Waals surface area contributed by atoms with Gasteiger partial charge in [-0.2, -0.15) is 0 Å². The van der Waals surface area contributed by atoms with Gasteiger partial charge in [0.25, 0.3) is 11.1 Å². The fraction of sp³-hybridized carbons (Fsp3) is 0.320. The van der Waals surface area contributed by atoms with Gasteiger partial charge in [0.05, 0.1) is 17.6 Å². The molecule has 0 spiro atoms. The van der Waals surface area contributed by atoms with Gasteiger partial charge >= 0.3 is 0 Å². The van der Waals surface area contributed by atoms with Crippen molar-refractivity contribution in [1.82, 2.24) is 4.90 Å². The number of hydrogen-bond donors (Lipinski definition) is 1. The Morgan fingerprint density at radius 3 is 2.52 bits per heavy atom. The number of nitrogens with one attached hydrogen (secondary N) is 1. The lowest BCUT2D eigenvalue weighted by molar-refractivity contribution is -0.127. The maximum atomic E-state index is 12.8. The zero-order chi connectivity index (χ0) is 24.0. The minimum Gasteiger partial charge on any atom is -0.490 e. The molecule has 2 aromatic rings. The second kappa shape index (κ2) is 11.0. The lowest BCUT2D eigenvalue weighted by Crippen LogP contribution is -2.36. The number of carbonyl (C=O) groups excluding carboxylic acids is 3. The second-order valence-corrected chi connectivity index (χ2v) is 8.65. The molecule has 3 rings (SSSR count). The zero-order valence-electron chi connectivity index (χ0n) is 19.2. The van der Waals surface area contributed by atoms with Crippen LogP contribution in [0.2, 0.25) is 0 Å². The Morgan fingerprint density at radius 2 is 1.85 bits per heavy atom. The number of imide groups is 1. The Bertz CT molecular complexity index is 1060. The van der Waals surface area contributed by atoms with Crippen molar-refractivity contribution in [3.8, 4) is 11.5 Å². The number of amides is 3. The molecule has 0 saturated carbocycles. The molecule has 1 heterocycles. The molecule has 1 aliphatic heterocycles. The smallest absolute Gasteiger partial charge is 0.294 e. The van der Waals surface area contributed by atoms with Crippen molar-refractivity contribution < 1.29 is 23.9 Å². The van der Waals surface area contributed by atoms with Crippen LogP contribution < -0.4 is 14.8 Å². The highest BCUT2D eigenvalue weighted by Gasteiger charge is 2.36. The van der Waals surface area contributed by atoms with Crippen LogP contribution in [0.4, 0.5) is 10.5 Å². The minimum absolute atomic E-state index is 0.0395. The van der Waals surface area contributed by atoms with Gasteiger partial charge in [0.2, 0.25) is 5.91 Å². The Balaban J connectivity index is 1.72. The summed E-state index contributed by atoms with van der Waals surface area (Å²) in [5.41, 5.74) is 2.37. The maximum Gasteiger partial charge on any atom is 0.294 e. The van der Waals surface area contributed by atoms with E-state index in [1.165, 1.54) is 0 Å². The molecular weight excluding hydrogens is 440 g/mol. The molecule has 0 aliphatic carbocycles. The number of thioether (sulfide) groups is 1. The number of hydrogen-bond acceptors (Lipinski definition) is 6. The number of nitrogens with zero attached hydrogens (tertiary/aromatic N) is 1. The van der Waals surface area contributed by atoms with Crippen LogP contribution in [0.15, 0.2) is 47.4 Å². The number of rotatable bonds is 9. The Morgan fingerprint density at radius 1 is 1.12 bits per heavy atom. The molecule has 174 valence electrons. The molecule has 8 heteroatoms. The Kier molecular flexibility index (Phi) is 8.16. The predicted molar refractivity (Wildman–Crippen MR) is 130 cm³/mol. The second-order valence-electron chi connectivity index (χ2n) is 7.66. The van der Waals surface area contributed by atoms with E-state index in [1.54, 1.807) is 36.4 Å². The molecule has 7 nitrogen and oxygen atoms in total. The first-order valence-corrected chi connectivity index (χ1v) is 11.7. The summed E-state index contributed by atoms with van der Waals surface area (Å²) in [6.45, 7) is 7.97. The minimum atomic E-state index is -0.498. The lowest BCUT2D eigenvalue weighted by Gasteiger charge is -2.16. The van der Waals surface area contributed by atoms with Crippen LogP contribution in [-0.4, -0.2) is 41.2 Å². The topological polar surface area (TPSA) is 84.9 Å². The third kappa shape index (κ3) is 6.38. The molecule has 0 aromatic heterocycles. The standard InChI is InChI=1S/C25H28N2O5S/c1-5-17(4)32-20-12-9-18(13-21(20)31-6-2)14-22-24(29)27(25(30)33-22)15-23(28)26-19-10-7-16(3)8-11-19/h7-14,17H,5-6,15H2,1-4H3,(H,26,28)/b22-14-. The lowest BCUT2D eigenvalue weighted by atomic mass is 10.1. The summed E-state index contributed by atoms with van der Waals surface area (Å²) in [4.78, 5) is 38.8. The average molecular weight is 469 g/mol. The van der Waals surface area contributed by atoms with Gasteiger partial charge in [0.1, 0.15) is 6.54 Å². The molecule has 1 N–H and O–H groups in total. The number of benzene rings is 2. The first-order chi connectivity index (χ1) is 15.8. The van der Waals surface area contributed by atoms with Gasteiger partial charge < -0.3 is 14.8 Å². The molecule has 1 saturated heterocycles. The van der Waals surface area contributed by atoms with Crippen LogP contribution in [0.25, 0.3) is 6.08 Å². The third-order valence-corrected chi connectivity index (χ3v) is 5.89. The van der Waals surface area contributed by atoms with Crippen LogP contribution in [-0.2, 0) is 9.59 Å². The Hall–Kier alpha value is -3.26. The number of ether oxygens (including phenoxy) is 2. The Labute approximate surface area is 198 Å². The maximum absolute atomic E-state index is 12.8. The monoisotopic (exact) mass is 468 g/mol. The van der Waals surface area contributed by atoms with Crippen molar-refractivity contribution in [2.45, 2.75) is 40.2 Å². The summed E-state index contributed by atoms with van der Waals surface area (Å²) in [7, 11) is 0. The van der Waals surface area contributed by atoms with Gasteiger partial charge in [-0.3, -0.25) is 19.3 Å². The van der Waals surface area contributed by atoms with E-state index in [4.69, 9.17) is 9.47 Å². The van der Waals surface area contributed by atoms with Gasteiger partial charge in [0.15, 0.2) is 11.5 Å². The molecule has 0 bridgehead atoms. The number of carbonyl (C=O) groups is 3. The first-order valence-electron chi connectivity index (χ1n) is 10.9. The van der Waals surface area contributed by atoms with Crippen molar-refractivity contribution in [1.29, 1.82) is 0 Å². The number of aryl methyl sites for hydroxylation is 1. The molecular formula is C25H28N2O5S. The fourth-order valence-electron chi connectivity index (χ4n) is 3.05. The molecule has 1 unspecified atom stereocenters. The summed E-state index contributed by atoms with van der Waals surface area (Å²) in [6, 6.07) is 12.7. The van der Waals surface area contributed by atoms with Crippen LogP contribution in [0.1, 0.15) is 38.3 Å². The SMILES string of the molecule is CCOc1cc(/C=C2\SC(=O)N(CC(=O)Nc3ccc(C)cc3)C2=O)ccc1OC(C)CC. The van der Waals surface area contributed by atoms with Gasteiger partial charge in [-0.05, 0) is 74.9 Å². The van der Waals surface area contributed by atoms with E-state index in [-0.39, 0.29) is 17.6 Å². The van der Waals surface area contributed by atoms with Gasteiger partial charge in [0, 0.05) is 5.69 Å². The summed E-state index contributed by atoms with van der Waals surface area (Å²) in [6.07, 6.45) is 2.52. The molecule has 2 aromatic carbocycles. The summed E-state index contributed by atoms with van der Waals surface area (Å²) in [5, 5.41) is 2.23. The van der Waals surface area contributed by atoms with E-state index in [1.807, 2.05) is 39.8 Å². The van der Waals surface area contributed by atoms with Gasteiger partial charge in [-0.1, -0.05) is 30.7 Å². The highest BCUT2D eigenvalue weighted by atomic mass is 32.2. The van der Waals surface area contributed by atoms with Crippen LogP contribution in [0.5, 0.6) is 11.5 Å². The predicted octanol–water partition coefficient (Wildman–Crippen LogP) is 5.25. The summed E-state index contributed by atoms with van der Waals surface area (Å²) >= 11 is 0.811. The molecule has 1 atom stereocenters. The van der Waals surface area contributed by atoms with Crippen molar-refractivity contribution in [3.05, 3.63) is 58.5 Å². The van der Waals surface area contributed by atoms with E-state index >= 15 is 0 Å². The molecule has 1 fully saturated rings. The van der Waals surface area contributed by atoms with Crippen molar-refractivity contribution in [2.75, 3.05) is 18.5 Å². The third-order valence-electron chi connectivity index (χ3n) is 4.98. The van der Waals surface area contributed by atoms with Crippen LogP contribution in [0.3, 0.4) is 0 Å². The zero-order valence-corrected chi connectivity index (χ0v) is 20.0. The van der Waals surface area contributed by atoms with Crippen molar-refractivity contribution >= 4 is 40.6 Å². The molecule has 3 amide bonds. The fourth-order valence-corrected chi connectivity index (χ4v) is 3.89. The van der Waals surface area contributed by atoms with Crippen molar-refractivity contribution in [2.24, 2.45) is 0 Å². The molecule has 1 aliphatic rings. The summed E-state index contributed by atoms with van der Waals surface area (Å²) < 4.78 is 11.6. The molecule has 33 heavy (non-hydrogen) atoms. The number of anilines is 1. The normalized spacial score (nSPS) is 15.6. The largest absolute Gasteiger partial charge is 0.490 e. The van der Waals surface area contributed by atoms with E-state index in [0.29, 0.717) is 29.4 Å². The van der Waals surface area contributed by atoms with Crippen LogP contribution >= 0.6 is 11.8 Å². The van der Waals surface area contributed by atoms with Crippen molar-refractivity contribution in [3.63, 3.8) is 0 Å². The van der Waals surface area contributed by atoms with Crippen LogP contribution in [0, 0.1) is 6.92 Å². The first kappa shape index (κ1) is 24.4. The average Bonchev–Trinajstić information content (AvgIpc) is 3.04. The highest BCUT2D eigenvalue weighted by molar-refractivity contribution is 8.18. The van der Waals surface area contributed by atoms with E-state index < -0.39 is 17.1 Å². The van der Waals surface area contributed by atoms with E-state index in [2.05, 4.69) is 5.32 Å².